The molecule has 1 saturated heterocycles. The zero-order chi connectivity index (χ0) is 23.4. The highest BCUT2D eigenvalue weighted by Crippen LogP contribution is 2.31. The van der Waals surface area contributed by atoms with Crippen LogP contribution in [0, 0.1) is 0 Å². The van der Waals surface area contributed by atoms with Crippen LogP contribution in [0.4, 0.5) is 0 Å². The third-order valence-corrected chi connectivity index (χ3v) is 6.41. The second kappa shape index (κ2) is 10.3. The summed E-state index contributed by atoms with van der Waals surface area (Å²) in [5, 5.41) is 0. The lowest BCUT2D eigenvalue weighted by Crippen LogP contribution is -2.30. The minimum atomic E-state index is -0.0864. The number of likely N-dealkylation sites (tertiary alicyclic amines) is 1. The maximum Gasteiger partial charge on any atom is 0.229 e. The number of hydrogen-bond acceptors (Lipinski definition) is 6. The molecule has 0 saturated carbocycles. The van der Waals surface area contributed by atoms with E-state index >= 15 is 0 Å². The molecule has 7 nitrogen and oxygen atoms in total. The summed E-state index contributed by atoms with van der Waals surface area (Å²) in [4.78, 5) is 27.1. The number of methoxy groups -OCH3 is 1. The number of hydrogen-bond donors (Lipinski definition) is 0. The van der Waals surface area contributed by atoms with Gasteiger partial charge in [-0.15, -0.1) is 0 Å². The van der Waals surface area contributed by atoms with Gasteiger partial charge in [0.15, 0.2) is 0 Å². The Bertz CT molecular complexity index is 1010. The van der Waals surface area contributed by atoms with Crippen LogP contribution < -0.4 is 14.2 Å². The number of carbonyl (C=O) groups excluding carboxylic acids is 2. The molecule has 2 aliphatic rings. The van der Waals surface area contributed by atoms with E-state index in [-0.39, 0.29) is 17.9 Å². The lowest BCUT2D eigenvalue weighted by Gasteiger charge is -2.26. The van der Waals surface area contributed by atoms with Crippen molar-refractivity contribution in [2.75, 3.05) is 33.9 Å². The van der Waals surface area contributed by atoms with Gasteiger partial charge in [0.2, 0.25) is 11.8 Å². The van der Waals surface area contributed by atoms with Crippen LogP contribution in [0.3, 0.4) is 0 Å². The van der Waals surface area contributed by atoms with Crippen LogP contribution >= 0.6 is 0 Å². The molecule has 2 amide bonds. The summed E-state index contributed by atoms with van der Waals surface area (Å²) in [5.41, 5.74) is 3.64. The quantitative estimate of drug-likeness (QED) is 0.404. The number of nitrogens with zero attached hydrogens (tertiary/aromatic N) is 2. The van der Waals surface area contributed by atoms with E-state index in [4.69, 9.17) is 14.2 Å². The maximum atomic E-state index is 11.7. The molecule has 0 aromatic heterocycles. The smallest absolute Gasteiger partial charge is 0.229 e. The van der Waals surface area contributed by atoms with Crippen LogP contribution in [0.15, 0.2) is 36.4 Å². The molecule has 0 spiro atoms. The molecule has 33 heavy (non-hydrogen) atoms. The summed E-state index contributed by atoms with van der Waals surface area (Å²) < 4.78 is 17.0. The van der Waals surface area contributed by atoms with E-state index in [1.807, 2.05) is 18.2 Å². The van der Waals surface area contributed by atoms with Crippen LogP contribution in [0.5, 0.6) is 17.2 Å². The van der Waals surface area contributed by atoms with Crippen LogP contribution in [-0.2, 0) is 22.6 Å². The Morgan fingerprint density at radius 3 is 2.58 bits per heavy atom. The first-order valence-corrected chi connectivity index (χ1v) is 11.5. The fourth-order valence-corrected chi connectivity index (χ4v) is 4.35. The summed E-state index contributed by atoms with van der Waals surface area (Å²) in [6.45, 7) is 4.53. The van der Waals surface area contributed by atoms with Crippen LogP contribution in [-0.4, -0.2) is 55.5 Å². The van der Waals surface area contributed by atoms with Crippen LogP contribution in [0.1, 0.15) is 48.9 Å². The molecule has 4 rings (SSSR count). The van der Waals surface area contributed by atoms with Gasteiger partial charge in [0, 0.05) is 44.5 Å². The van der Waals surface area contributed by atoms with Gasteiger partial charge >= 0.3 is 0 Å². The van der Waals surface area contributed by atoms with Crippen molar-refractivity contribution >= 4 is 11.8 Å². The van der Waals surface area contributed by atoms with E-state index in [1.54, 1.807) is 7.11 Å². The van der Waals surface area contributed by atoms with Gasteiger partial charge in [-0.2, -0.15) is 0 Å². The Kier molecular flexibility index (Phi) is 7.18. The Labute approximate surface area is 195 Å². The molecular formula is C26H32N2O5. The average molecular weight is 453 g/mol. The standard InChI is InChI=1S/C26H32N2O5/c1-18(20-5-6-24-21(15-20)9-12-33-24)27(2)17-19-13-22(31-3)16-23(14-19)32-11-4-10-28-25(29)7-8-26(28)30/h5-6,13-16,18H,4,7-12,17H2,1-3H3. The number of imide groups is 1. The van der Waals surface area contributed by atoms with Gasteiger partial charge in [0.05, 0.1) is 20.3 Å². The van der Waals surface area contributed by atoms with Crippen molar-refractivity contribution in [1.82, 2.24) is 9.80 Å². The molecule has 176 valence electrons. The zero-order valence-corrected chi connectivity index (χ0v) is 19.6. The molecule has 0 N–H and O–H groups in total. The molecule has 2 aromatic carbocycles. The van der Waals surface area contributed by atoms with E-state index in [2.05, 4.69) is 37.1 Å². The minimum Gasteiger partial charge on any atom is -0.497 e. The van der Waals surface area contributed by atoms with Gasteiger partial charge in [0.1, 0.15) is 17.2 Å². The lowest BCUT2D eigenvalue weighted by atomic mass is 10.0. The maximum absolute atomic E-state index is 11.7. The number of amides is 2. The number of ether oxygens (including phenoxy) is 3. The number of carbonyl (C=O) groups is 2. The fraction of sp³-hybridized carbons (Fsp3) is 0.462. The summed E-state index contributed by atoms with van der Waals surface area (Å²) >= 11 is 0. The predicted octanol–water partition coefficient (Wildman–Crippen LogP) is 3.74. The van der Waals surface area contributed by atoms with Crippen molar-refractivity contribution in [3.8, 4) is 17.2 Å². The third kappa shape index (κ3) is 5.47. The van der Waals surface area contributed by atoms with Gasteiger partial charge in [-0.3, -0.25) is 19.4 Å². The van der Waals surface area contributed by atoms with Gasteiger partial charge < -0.3 is 14.2 Å². The molecule has 2 aliphatic heterocycles. The van der Waals surface area contributed by atoms with E-state index < -0.39 is 0 Å². The summed E-state index contributed by atoms with van der Waals surface area (Å²) in [6.07, 6.45) is 2.22. The van der Waals surface area contributed by atoms with Crippen LogP contribution in [0.25, 0.3) is 0 Å². The van der Waals surface area contributed by atoms with Crippen molar-refractivity contribution in [2.24, 2.45) is 0 Å². The average Bonchev–Trinajstić information content (AvgIpc) is 3.41. The predicted molar refractivity (Wildman–Crippen MR) is 125 cm³/mol. The van der Waals surface area contributed by atoms with Crippen molar-refractivity contribution in [3.63, 3.8) is 0 Å². The van der Waals surface area contributed by atoms with Crippen molar-refractivity contribution in [2.45, 2.75) is 45.2 Å². The number of benzene rings is 2. The highest BCUT2D eigenvalue weighted by atomic mass is 16.5. The highest BCUT2D eigenvalue weighted by Gasteiger charge is 2.28. The Morgan fingerprint density at radius 1 is 1.06 bits per heavy atom. The largest absolute Gasteiger partial charge is 0.497 e. The van der Waals surface area contributed by atoms with Crippen molar-refractivity contribution in [3.05, 3.63) is 53.1 Å². The number of fused-ring (bicyclic) bond motifs is 1. The SMILES string of the molecule is COc1cc(CN(C)C(C)c2ccc3c(c2)CCO3)cc(OCCCN2C(=O)CCC2=O)c1. The van der Waals surface area contributed by atoms with E-state index in [0.717, 1.165) is 42.4 Å². The molecule has 1 fully saturated rings. The molecule has 1 atom stereocenters. The fourth-order valence-electron chi connectivity index (χ4n) is 4.35. The first-order valence-electron chi connectivity index (χ1n) is 11.5. The van der Waals surface area contributed by atoms with Gasteiger partial charge in [-0.05, 0) is 55.3 Å². The van der Waals surface area contributed by atoms with Crippen molar-refractivity contribution in [1.29, 1.82) is 0 Å². The summed E-state index contributed by atoms with van der Waals surface area (Å²) in [5.74, 6) is 2.29. The molecule has 2 aromatic rings. The summed E-state index contributed by atoms with van der Waals surface area (Å²) in [7, 11) is 3.75. The molecule has 1 unspecified atom stereocenters. The molecule has 0 aliphatic carbocycles. The second-order valence-electron chi connectivity index (χ2n) is 8.71. The molecule has 0 radical (unpaired) electrons. The van der Waals surface area contributed by atoms with E-state index in [0.29, 0.717) is 32.4 Å². The van der Waals surface area contributed by atoms with E-state index in [9.17, 15) is 9.59 Å². The van der Waals surface area contributed by atoms with E-state index in [1.165, 1.54) is 16.0 Å². The molecule has 7 heteroatoms. The van der Waals surface area contributed by atoms with Crippen LogP contribution in [0.2, 0.25) is 0 Å². The minimum absolute atomic E-state index is 0.0864. The van der Waals surface area contributed by atoms with Gasteiger partial charge in [-0.25, -0.2) is 0 Å². The van der Waals surface area contributed by atoms with Crippen molar-refractivity contribution < 1.29 is 23.8 Å². The normalized spacial score (nSPS) is 16.2. The second-order valence-corrected chi connectivity index (χ2v) is 8.71. The summed E-state index contributed by atoms with van der Waals surface area (Å²) in [6, 6.07) is 12.6. The Hall–Kier alpha value is -3.06. The zero-order valence-electron chi connectivity index (χ0n) is 19.6. The molecular weight excluding hydrogens is 420 g/mol. The monoisotopic (exact) mass is 452 g/mol. The highest BCUT2D eigenvalue weighted by molar-refractivity contribution is 6.01. The first-order chi connectivity index (χ1) is 15.9. The Morgan fingerprint density at radius 2 is 1.82 bits per heavy atom. The van der Waals surface area contributed by atoms with Gasteiger partial charge in [0.25, 0.3) is 0 Å². The molecule has 2 heterocycles. The topological polar surface area (TPSA) is 68.3 Å². The number of rotatable bonds is 10. The molecule has 0 bridgehead atoms. The Balaban J connectivity index is 1.35. The lowest BCUT2D eigenvalue weighted by molar-refractivity contribution is -0.138. The van der Waals surface area contributed by atoms with Gasteiger partial charge in [-0.1, -0.05) is 12.1 Å². The first kappa shape index (κ1) is 23.1. The third-order valence-electron chi connectivity index (χ3n) is 6.41.